The number of hydrogen-bond acceptors (Lipinski definition) is 3. The van der Waals surface area contributed by atoms with Crippen molar-refractivity contribution in [2.75, 3.05) is 20.2 Å². The zero-order chi connectivity index (χ0) is 10.7. The summed E-state index contributed by atoms with van der Waals surface area (Å²) in [5, 5.41) is 0. The van der Waals surface area contributed by atoms with Crippen LogP contribution in [0.2, 0.25) is 0 Å². The fraction of sp³-hybridized carbons (Fsp3) is 0.600. The van der Waals surface area contributed by atoms with Crippen molar-refractivity contribution < 1.29 is 14.3 Å². The molecule has 1 heterocycles. The first kappa shape index (κ1) is 10.8. The number of rotatable bonds is 2. The SMILES string of the molecule is C=CC(=O)N1CC(C)C(C(=O)OC)C1. The van der Waals surface area contributed by atoms with Gasteiger partial charge in [-0.15, -0.1) is 0 Å². The van der Waals surface area contributed by atoms with Crippen molar-refractivity contribution in [3.05, 3.63) is 12.7 Å². The predicted octanol–water partition coefficient (Wildman–Crippen LogP) is 0.440. The zero-order valence-electron chi connectivity index (χ0n) is 8.53. The van der Waals surface area contributed by atoms with Crippen LogP contribution in [0.3, 0.4) is 0 Å². The minimum atomic E-state index is -0.239. The highest BCUT2D eigenvalue weighted by molar-refractivity contribution is 5.88. The van der Waals surface area contributed by atoms with Crippen LogP contribution in [0.15, 0.2) is 12.7 Å². The van der Waals surface area contributed by atoms with Gasteiger partial charge in [-0.2, -0.15) is 0 Å². The molecule has 4 nitrogen and oxygen atoms in total. The Hall–Kier alpha value is -1.32. The standard InChI is InChI=1S/C10H15NO3/c1-4-9(12)11-5-7(2)8(6-11)10(13)14-3/h4,7-8H,1,5-6H2,2-3H3. The Morgan fingerprint density at radius 3 is 2.64 bits per heavy atom. The fourth-order valence-corrected chi connectivity index (χ4v) is 1.73. The smallest absolute Gasteiger partial charge is 0.310 e. The molecule has 0 radical (unpaired) electrons. The number of ether oxygens (including phenoxy) is 1. The van der Waals surface area contributed by atoms with E-state index in [0.717, 1.165) is 0 Å². The van der Waals surface area contributed by atoms with Crippen LogP contribution in [-0.4, -0.2) is 37.0 Å². The van der Waals surface area contributed by atoms with E-state index in [2.05, 4.69) is 11.3 Å². The summed E-state index contributed by atoms with van der Waals surface area (Å²) in [4.78, 5) is 24.2. The Balaban J connectivity index is 2.64. The average Bonchev–Trinajstić information content (AvgIpc) is 2.58. The molecule has 4 heteroatoms. The van der Waals surface area contributed by atoms with Gasteiger partial charge in [0.15, 0.2) is 0 Å². The third kappa shape index (κ3) is 1.95. The molecule has 14 heavy (non-hydrogen) atoms. The van der Waals surface area contributed by atoms with Crippen molar-refractivity contribution in [1.82, 2.24) is 4.90 Å². The maximum absolute atomic E-state index is 11.3. The first-order valence-electron chi connectivity index (χ1n) is 4.59. The van der Waals surface area contributed by atoms with E-state index in [-0.39, 0.29) is 23.7 Å². The summed E-state index contributed by atoms with van der Waals surface area (Å²) in [5.41, 5.74) is 0. The van der Waals surface area contributed by atoms with Crippen LogP contribution in [0.4, 0.5) is 0 Å². The lowest BCUT2D eigenvalue weighted by atomic mass is 9.99. The number of likely N-dealkylation sites (tertiary alicyclic amines) is 1. The number of carbonyl (C=O) groups excluding carboxylic acids is 2. The topological polar surface area (TPSA) is 46.6 Å². The molecule has 2 atom stereocenters. The molecule has 0 N–H and O–H groups in total. The minimum Gasteiger partial charge on any atom is -0.469 e. The van der Waals surface area contributed by atoms with Gasteiger partial charge in [0.25, 0.3) is 0 Å². The van der Waals surface area contributed by atoms with E-state index < -0.39 is 0 Å². The quantitative estimate of drug-likeness (QED) is 0.476. The largest absolute Gasteiger partial charge is 0.469 e. The Labute approximate surface area is 83.5 Å². The molecular formula is C10H15NO3. The molecular weight excluding hydrogens is 182 g/mol. The summed E-state index contributed by atoms with van der Waals surface area (Å²) >= 11 is 0. The van der Waals surface area contributed by atoms with Crippen LogP contribution in [-0.2, 0) is 14.3 Å². The van der Waals surface area contributed by atoms with E-state index >= 15 is 0 Å². The lowest BCUT2D eigenvalue weighted by Crippen LogP contribution is -2.28. The maximum atomic E-state index is 11.3. The van der Waals surface area contributed by atoms with Gasteiger partial charge in [-0.25, -0.2) is 0 Å². The van der Waals surface area contributed by atoms with Crippen LogP contribution in [0, 0.1) is 11.8 Å². The molecule has 1 saturated heterocycles. The molecule has 0 aliphatic carbocycles. The highest BCUT2D eigenvalue weighted by atomic mass is 16.5. The van der Waals surface area contributed by atoms with E-state index in [1.54, 1.807) is 4.90 Å². The molecule has 0 aromatic heterocycles. The Morgan fingerprint density at radius 2 is 2.14 bits per heavy atom. The van der Waals surface area contributed by atoms with Gasteiger partial charge in [0.1, 0.15) is 0 Å². The van der Waals surface area contributed by atoms with E-state index in [0.29, 0.717) is 13.1 Å². The molecule has 1 amide bonds. The highest BCUT2D eigenvalue weighted by Crippen LogP contribution is 2.23. The summed E-state index contributed by atoms with van der Waals surface area (Å²) in [7, 11) is 1.37. The van der Waals surface area contributed by atoms with Crippen molar-refractivity contribution in [3.63, 3.8) is 0 Å². The number of amides is 1. The van der Waals surface area contributed by atoms with Crippen molar-refractivity contribution in [2.24, 2.45) is 11.8 Å². The average molecular weight is 197 g/mol. The number of nitrogens with zero attached hydrogens (tertiary/aromatic N) is 1. The Morgan fingerprint density at radius 1 is 1.50 bits per heavy atom. The molecule has 0 spiro atoms. The number of hydrogen-bond donors (Lipinski definition) is 0. The number of carbonyl (C=O) groups is 2. The molecule has 1 aliphatic rings. The molecule has 0 saturated carbocycles. The van der Waals surface area contributed by atoms with Crippen LogP contribution in [0.5, 0.6) is 0 Å². The second-order valence-electron chi connectivity index (χ2n) is 3.55. The Bertz CT molecular complexity index is 262. The van der Waals surface area contributed by atoms with Gasteiger partial charge in [0, 0.05) is 13.1 Å². The summed E-state index contributed by atoms with van der Waals surface area (Å²) in [6.45, 7) is 6.40. The second kappa shape index (κ2) is 4.26. The predicted molar refractivity (Wildman–Crippen MR) is 51.4 cm³/mol. The maximum Gasteiger partial charge on any atom is 0.310 e. The zero-order valence-corrected chi connectivity index (χ0v) is 8.53. The molecule has 78 valence electrons. The summed E-state index contributed by atoms with van der Waals surface area (Å²) in [6, 6.07) is 0. The van der Waals surface area contributed by atoms with Gasteiger partial charge in [0.05, 0.1) is 13.0 Å². The van der Waals surface area contributed by atoms with Crippen molar-refractivity contribution in [3.8, 4) is 0 Å². The molecule has 2 unspecified atom stereocenters. The third-order valence-electron chi connectivity index (χ3n) is 2.60. The van der Waals surface area contributed by atoms with E-state index in [4.69, 9.17) is 0 Å². The van der Waals surface area contributed by atoms with Crippen molar-refractivity contribution in [1.29, 1.82) is 0 Å². The van der Waals surface area contributed by atoms with Crippen LogP contribution in [0.25, 0.3) is 0 Å². The van der Waals surface area contributed by atoms with Gasteiger partial charge < -0.3 is 9.64 Å². The highest BCUT2D eigenvalue weighted by Gasteiger charge is 2.36. The van der Waals surface area contributed by atoms with Crippen molar-refractivity contribution in [2.45, 2.75) is 6.92 Å². The molecule has 0 aromatic rings. The first-order valence-corrected chi connectivity index (χ1v) is 4.59. The Kier molecular flexibility index (Phi) is 3.28. The van der Waals surface area contributed by atoms with Gasteiger partial charge in [-0.3, -0.25) is 9.59 Å². The monoisotopic (exact) mass is 197 g/mol. The lowest BCUT2D eigenvalue weighted by Gasteiger charge is -2.12. The fourth-order valence-electron chi connectivity index (χ4n) is 1.73. The molecule has 0 aromatic carbocycles. The van der Waals surface area contributed by atoms with E-state index in [1.165, 1.54) is 13.2 Å². The van der Waals surface area contributed by atoms with Gasteiger partial charge in [0.2, 0.25) is 5.91 Å². The van der Waals surface area contributed by atoms with Crippen LogP contribution in [0.1, 0.15) is 6.92 Å². The molecule has 1 aliphatic heterocycles. The normalized spacial score (nSPS) is 26.0. The van der Waals surface area contributed by atoms with Gasteiger partial charge in [-0.05, 0) is 12.0 Å². The summed E-state index contributed by atoms with van der Waals surface area (Å²) in [5.74, 6) is -0.393. The molecule has 1 fully saturated rings. The number of esters is 1. The molecule has 0 bridgehead atoms. The first-order chi connectivity index (χ1) is 6.60. The van der Waals surface area contributed by atoms with Crippen LogP contribution < -0.4 is 0 Å². The summed E-state index contributed by atoms with van der Waals surface area (Å²) < 4.78 is 4.66. The summed E-state index contributed by atoms with van der Waals surface area (Å²) in [6.07, 6.45) is 1.27. The lowest BCUT2D eigenvalue weighted by molar-refractivity contribution is -0.146. The second-order valence-corrected chi connectivity index (χ2v) is 3.55. The third-order valence-corrected chi connectivity index (χ3v) is 2.60. The van der Waals surface area contributed by atoms with Gasteiger partial charge in [-0.1, -0.05) is 13.5 Å². The minimum absolute atomic E-state index is 0.122. The van der Waals surface area contributed by atoms with Crippen LogP contribution >= 0.6 is 0 Å². The van der Waals surface area contributed by atoms with E-state index in [9.17, 15) is 9.59 Å². The van der Waals surface area contributed by atoms with Gasteiger partial charge >= 0.3 is 5.97 Å². The van der Waals surface area contributed by atoms with E-state index in [1.807, 2.05) is 6.92 Å². The number of methoxy groups -OCH3 is 1. The molecule has 1 rings (SSSR count). The van der Waals surface area contributed by atoms with Crippen molar-refractivity contribution >= 4 is 11.9 Å².